The van der Waals surface area contributed by atoms with Crippen molar-refractivity contribution in [2.24, 2.45) is 0 Å². The largest absolute Gasteiger partial charge is 0.229 e. The number of halogens is 3. The predicted molar refractivity (Wildman–Crippen MR) is 61.5 cm³/mol. The average molecular weight is 257 g/mol. The number of hydrogen-bond donors (Lipinski definition) is 0. The second-order valence-corrected chi connectivity index (χ2v) is 4.73. The average Bonchev–Trinajstić information content (AvgIpc) is 3.02. The molecule has 5 heteroatoms. The zero-order valence-corrected chi connectivity index (χ0v) is 9.69. The molecule has 0 unspecified atom stereocenters. The van der Waals surface area contributed by atoms with Crippen LogP contribution in [0, 0.1) is 5.82 Å². The van der Waals surface area contributed by atoms with E-state index in [1.807, 2.05) is 0 Å². The molecular formula is C11H7Cl2FN2. The molecule has 2 nitrogen and oxygen atoms in total. The quantitative estimate of drug-likeness (QED) is 0.723. The van der Waals surface area contributed by atoms with Gasteiger partial charge in [0.05, 0.1) is 0 Å². The number of fused-ring (bicyclic) bond motifs is 1. The van der Waals surface area contributed by atoms with Crippen LogP contribution in [-0.4, -0.2) is 9.97 Å². The fourth-order valence-corrected chi connectivity index (χ4v) is 2.10. The van der Waals surface area contributed by atoms with Gasteiger partial charge >= 0.3 is 0 Å². The molecule has 1 aliphatic carbocycles. The predicted octanol–water partition coefficient (Wildman–Crippen LogP) is 3.95. The lowest BCUT2D eigenvalue weighted by Crippen LogP contribution is -1.96. The molecule has 1 fully saturated rings. The first kappa shape index (κ1) is 10.2. The van der Waals surface area contributed by atoms with Crippen LogP contribution >= 0.6 is 23.2 Å². The SMILES string of the molecule is Fc1cc(Cl)cc2c(Cl)nc(C3CC3)nc12. The summed E-state index contributed by atoms with van der Waals surface area (Å²) in [5.41, 5.74) is 0.256. The molecule has 82 valence electrons. The van der Waals surface area contributed by atoms with Crippen molar-refractivity contribution in [3.05, 3.63) is 34.0 Å². The molecule has 2 aromatic rings. The van der Waals surface area contributed by atoms with Gasteiger partial charge in [-0.05, 0) is 25.0 Å². The number of benzene rings is 1. The van der Waals surface area contributed by atoms with E-state index in [0.29, 0.717) is 22.2 Å². The van der Waals surface area contributed by atoms with Gasteiger partial charge in [0.15, 0.2) is 5.82 Å². The summed E-state index contributed by atoms with van der Waals surface area (Å²) in [5.74, 6) is 0.532. The van der Waals surface area contributed by atoms with Crippen LogP contribution in [0.2, 0.25) is 10.2 Å². The zero-order valence-electron chi connectivity index (χ0n) is 8.17. The first-order valence-electron chi connectivity index (χ1n) is 4.97. The van der Waals surface area contributed by atoms with E-state index in [-0.39, 0.29) is 10.7 Å². The molecule has 0 amide bonds. The molecule has 0 radical (unpaired) electrons. The second-order valence-electron chi connectivity index (χ2n) is 3.93. The van der Waals surface area contributed by atoms with E-state index in [1.165, 1.54) is 6.07 Å². The molecule has 3 rings (SSSR count). The van der Waals surface area contributed by atoms with Gasteiger partial charge in [0.1, 0.15) is 16.5 Å². The summed E-state index contributed by atoms with van der Waals surface area (Å²) in [6.45, 7) is 0. The maximum Gasteiger partial charge on any atom is 0.151 e. The lowest BCUT2D eigenvalue weighted by atomic mass is 10.2. The van der Waals surface area contributed by atoms with Gasteiger partial charge in [-0.1, -0.05) is 23.2 Å². The highest BCUT2D eigenvalue weighted by Gasteiger charge is 2.27. The topological polar surface area (TPSA) is 25.8 Å². The summed E-state index contributed by atoms with van der Waals surface area (Å²) >= 11 is 11.8. The Kier molecular flexibility index (Phi) is 2.26. The summed E-state index contributed by atoms with van der Waals surface area (Å²) in [4.78, 5) is 8.38. The molecule has 0 saturated heterocycles. The molecular weight excluding hydrogens is 250 g/mol. The van der Waals surface area contributed by atoms with Crippen molar-refractivity contribution < 1.29 is 4.39 Å². The van der Waals surface area contributed by atoms with E-state index in [1.54, 1.807) is 6.07 Å². The number of rotatable bonds is 1. The Hall–Kier alpha value is -0.930. The maximum absolute atomic E-state index is 13.7. The molecule has 16 heavy (non-hydrogen) atoms. The van der Waals surface area contributed by atoms with Crippen molar-refractivity contribution in [3.8, 4) is 0 Å². The van der Waals surface area contributed by atoms with E-state index in [9.17, 15) is 4.39 Å². The molecule has 1 aliphatic rings. The van der Waals surface area contributed by atoms with Crippen molar-refractivity contribution in [2.75, 3.05) is 0 Å². The van der Waals surface area contributed by atoms with Gasteiger partial charge in [-0.3, -0.25) is 0 Å². The highest BCUT2D eigenvalue weighted by atomic mass is 35.5. The maximum atomic E-state index is 13.7. The molecule has 1 saturated carbocycles. The van der Waals surface area contributed by atoms with Gasteiger partial charge in [0.2, 0.25) is 0 Å². The monoisotopic (exact) mass is 256 g/mol. The van der Waals surface area contributed by atoms with Gasteiger partial charge in [-0.2, -0.15) is 0 Å². The van der Waals surface area contributed by atoms with Gasteiger partial charge in [0, 0.05) is 16.3 Å². The standard InChI is InChI=1S/C11H7Cl2FN2/c12-6-3-7-9(8(14)4-6)15-11(5-1-2-5)16-10(7)13/h3-5H,1-2H2. The van der Waals surface area contributed by atoms with Crippen LogP contribution < -0.4 is 0 Å². The normalized spacial score (nSPS) is 15.7. The first-order chi connectivity index (χ1) is 7.65. The summed E-state index contributed by atoms with van der Waals surface area (Å²) in [6, 6.07) is 2.82. The minimum atomic E-state index is -0.450. The van der Waals surface area contributed by atoms with Crippen LogP contribution in [0.4, 0.5) is 4.39 Å². The van der Waals surface area contributed by atoms with Crippen LogP contribution in [0.3, 0.4) is 0 Å². The fourth-order valence-electron chi connectivity index (χ4n) is 1.66. The molecule has 1 aromatic heterocycles. The Morgan fingerprint density at radius 1 is 1.19 bits per heavy atom. The lowest BCUT2D eigenvalue weighted by molar-refractivity contribution is 0.635. The molecule has 0 N–H and O–H groups in total. The highest BCUT2D eigenvalue weighted by Crippen LogP contribution is 2.39. The number of nitrogens with zero attached hydrogens (tertiary/aromatic N) is 2. The zero-order chi connectivity index (χ0) is 11.3. The Balaban J connectivity index is 2.32. The van der Waals surface area contributed by atoms with Crippen LogP contribution in [0.25, 0.3) is 10.9 Å². The number of aromatic nitrogens is 2. The van der Waals surface area contributed by atoms with E-state index in [4.69, 9.17) is 23.2 Å². The summed E-state index contributed by atoms with van der Waals surface area (Å²) in [5, 5.41) is 1.04. The smallest absolute Gasteiger partial charge is 0.151 e. The third kappa shape index (κ3) is 1.64. The highest BCUT2D eigenvalue weighted by molar-refractivity contribution is 6.35. The van der Waals surface area contributed by atoms with Gasteiger partial charge < -0.3 is 0 Å². The molecule has 0 spiro atoms. The van der Waals surface area contributed by atoms with Crippen LogP contribution in [-0.2, 0) is 0 Å². The number of hydrogen-bond acceptors (Lipinski definition) is 2. The Morgan fingerprint density at radius 3 is 2.62 bits per heavy atom. The first-order valence-corrected chi connectivity index (χ1v) is 5.73. The van der Waals surface area contributed by atoms with Crippen LogP contribution in [0.15, 0.2) is 12.1 Å². The van der Waals surface area contributed by atoms with Crippen molar-refractivity contribution in [1.29, 1.82) is 0 Å². The Morgan fingerprint density at radius 2 is 1.94 bits per heavy atom. The van der Waals surface area contributed by atoms with E-state index in [0.717, 1.165) is 12.8 Å². The lowest BCUT2D eigenvalue weighted by Gasteiger charge is -2.04. The van der Waals surface area contributed by atoms with E-state index in [2.05, 4.69) is 9.97 Å². The van der Waals surface area contributed by atoms with Gasteiger partial charge in [-0.15, -0.1) is 0 Å². The Bertz CT molecular complexity index is 582. The summed E-state index contributed by atoms with van der Waals surface area (Å²) in [6.07, 6.45) is 2.11. The van der Waals surface area contributed by atoms with Crippen LogP contribution in [0.1, 0.15) is 24.6 Å². The summed E-state index contributed by atoms with van der Waals surface area (Å²) in [7, 11) is 0. The minimum absolute atomic E-state index is 0.256. The van der Waals surface area contributed by atoms with Gasteiger partial charge in [0.25, 0.3) is 0 Å². The molecule has 1 aromatic carbocycles. The minimum Gasteiger partial charge on any atom is -0.229 e. The van der Waals surface area contributed by atoms with Gasteiger partial charge in [-0.25, -0.2) is 14.4 Å². The Labute approximate surface area is 101 Å². The molecule has 0 atom stereocenters. The third-order valence-corrected chi connectivity index (χ3v) is 3.14. The fraction of sp³-hybridized carbons (Fsp3) is 0.273. The molecule has 0 bridgehead atoms. The van der Waals surface area contributed by atoms with Crippen molar-refractivity contribution in [3.63, 3.8) is 0 Å². The third-order valence-electron chi connectivity index (χ3n) is 2.63. The van der Waals surface area contributed by atoms with Crippen molar-refractivity contribution in [1.82, 2.24) is 9.97 Å². The van der Waals surface area contributed by atoms with E-state index >= 15 is 0 Å². The van der Waals surface area contributed by atoms with Crippen LogP contribution in [0.5, 0.6) is 0 Å². The van der Waals surface area contributed by atoms with Crippen molar-refractivity contribution >= 4 is 34.1 Å². The summed E-state index contributed by atoms with van der Waals surface area (Å²) < 4.78 is 13.7. The van der Waals surface area contributed by atoms with E-state index < -0.39 is 5.82 Å². The second kappa shape index (κ2) is 3.54. The molecule has 0 aliphatic heterocycles. The van der Waals surface area contributed by atoms with Crippen molar-refractivity contribution in [2.45, 2.75) is 18.8 Å². The molecule has 1 heterocycles.